The van der Waals surface area contributed by atoms with Gasteiger partial charge in [-0.3, -0.25) is 10.1 Å². The summed E-state index contributed by atoms with van der Waals surface area (Å²) < 4.78 is 11.2. The van der Waals surface area contributed by atoms with Gasteiger partial charge in [0, 0.05) is 17.2 Å². The molecular formula is C24H17ClN2O5. The fraction of sp³-hybridized carbons (Fsp3) is 0.0833. The molecule has 1 aliphatic heterocycles. The minimum absolute atomic E-state index is 0.0147. The predicted molar refractivity (Wildman–Crippen MR) is 121 cm³/mol. The van der Waals surface area contributed by atoms with E-state index in [9.17, 15) is 14.9 Å². The quantitative estimate of drug-likeness (QED) is 0.215. The zero-order valence-corrected chi connectivity index (χ0v) is 17.7. The van der Waals surface area contributed by atoms with E-state index in [2.05, 4.69) is 4.99 Å². The second-order valence-electron chi connectivity index (χ2n) is 7.07. The largest absolute Gasteiger partial charge is 0.488 e. The molecule has 0 N–H and O–H groups in total. The zero-order valence-electron chi connectivity index (χ0n) is 16.9. The van der Waals surface area contributed by atoms with Gasteiger partial charge in [-0.05, 0) is 36.8 Å². The third kappa shape index (κ3) is 4.68. The van der Waals surface area contributed by atoms with E-state index in [1.807, 2.05) is 43.3 Å². The van der Waals surface area contributed by atoms with Crippen LogP contribution in [-0.2, 0) is 16.1 Å². The molecule has 1 heterocycles. The Bertz CT molecular complexity index is 1280. The number of cyclic esters (lactones) is 1. The zero-order chi connectivity index (χ0) is 22.7. The van der Waals surface area contributed by atoms with Crippen LogP contribution in [0, 0.1) is 17.0 Å². The molecule has 7 nitrogen and oxygen atoms in total. The average Bonchev–Trinajstić information content (AvgIpc) is 3.13. The molecule has 0 bridgehead atoms. The molecule has 0 radical (unpaired) electrons. The molecule has 0 spiro atoms. The predicted octanol–water partition coefficient (Wildman–Crippen LogP) is 5.48. The maximum atomic E-state index is 12.4. The summed E-state index contributed by atoms with van der Waals surface area (Å²) in [7, 11) is 0. The number of carbonyl (C=O) groups is 1. The molecule has 0 saturated carbocycles. The number of para-hydroxylation sites is 1. The van der Waals surface area contributed by atoms with Crippen LogP contribution in [0.15, 0.2) is 77.4 Å². The molecule has 0 aromatic heterocycles. The molecule has 1 aliphatic rings. The monoisotopic (exact) mass is 448 g/mol. The SMILES string of the molecule is Cc1cccc(COc2ccccc2/C=C2\N=C(c3ccc(Cl)c([N+](=O)[O-])c3)OC2=O)c1. The van der Waals surface area contributed by atoms with Gasteiger partial charge in [-0.25, -0.2) is 9.79 Å². The number of ether oxygens (including phenoxy) is 2. The van der Waals surface area contributed by atoms with E-state index in [1.165, 1.54) is 18.2 Å². The van der Waals surface area contributed by atoms with Crippen LogP contribution in [-0.4, -0.2) is 16.8 Å². The van der Waals surface area contributed by atoms with Gasteiger partial charge in [-0.2, -0.15) is 0 Å². The van der Waals surface area contributed by atoms with Crippen molar-refractivity contribution in [2.24, 2.45) is 4.99 Å². The molecule has 0 saturated heterocycles. The van der Waals surface area contributed by atoms with Gasteiger partial charge in [0.1, 0.15) is 17.4 Å². The number of nitro groups is 1. The molecule has 160 valence electrons. The van der Waals surface area contributed by atoms with E-state index < -0.39 is 10.9 Å². The van der Waals surface area contributed by atoms with Crippen molar-refractivity contribution in [2.75, 3.05) is 0 Å². The molecular weight excluding hydrogens is 432 g/mol. The normalized spacial score (nSPS) is 14.2. The Morgan fingerprint density at radius 3 is 2.72 bits per heavy atom. The topological polar surface area (TPSA) is 91.0 Å². The maximum absolute atomic E-state index is 12.4. The summed E-state index contributed by atoms with van der Waals surface area (Å²) >= 11 is 5.85. The lowest BCUT2D eigenvalue weighted by Gasteiger charge is -2.09. The fourth-order valence-corrected chi connectivity index (χ4v) is 3.35. The van der Waals surface area contributed by atoms with E-state index in [-0.39, 0.29) is 27.9 Å². The van der Waals surface area contributed by atoms with Crippen LogP contribution in [0.5, 0.6) is 5.75 Å². The molecule has 4 rings (SSSR count). The first-order chi connectivity index (χ1) is 15.4. The Kier molecular flexibility index (Phi) is 6.00. The number of esters is 1. The third-order valence-corrected chi connectivity index (χ3v) is 5.02. The number of hydrogen-bond acceptors (Lipinski definition) is 6. The van der Waals surface area contributed by atoms with Gasteiger partial charge in [0.2, 0.25) is 5.90 Å². The van der Waals surface area contributed by atoms with E-state index in [0.29, 0.717) is 17.9 Å². The van der Waals surface area contributed by atoms with E-state index in [0.717, 1.165) is 11.1 Å². The van der Waals surface area contributed by atoms with Crippen molar-refractivity contribution in [1.82, 2.24) is 0 Å². The molecule has 0 amide bonds. The van der Waals surface area contributed by atoms with Crippen LogP contribution in [0.4, 0.5) is 5.69 Å². The molecule has 3 aromatic carbocycles. The van der Waals surface area contributed by atoms with Crippen LogP contribution in [0.1, 0.15) is 22.3 Å². The van der Waals surface area contributed by atoms with Crippen LogP contribution < -0.4 is 4.74 Å². The fourth-order valence-electron chi connectivity index (χ4n) is 3.16. The van der Waals surface area contributed by atoms with Crippen molar-refractivity contribution in [1.29, 1.82) is 0 Å². The highest BCUT2D eigenvalue weighted by Gasteiger charge is 2.26. The molecule has 32 heavy (non-hydrogen) atoms. The average molecular weight is 449 g/mol. The first kappa shape index (κ1) is 21.3. The first-order valence-corrected chi connectivity index (χ1v) is 10.0. The highest BCUT2D eigenvalue weighted by atomic mass is 35.5. The van der Waals surface area contributed by atoms with Gasteiger partial charge in [-0.15, -0.1) is 0 Å². The van der Waals surface area contributed by atoms with Crippen molar-refractivity contribution in [3.8, 4) is 5.75 Å². The second-order valence-corrected chi connectivity index (χ2v) is 7.48. The van der Waals surface area contributed by atoms with Gasteiger partial charge < -0.3 is 9.47 Å². The van der Waals surface area contributed by atoms with E-state index in [1.54, 1.807) is 18.2 Å². The van der Waals surface area contributed by atoms with Crippen LogP contribution in [0.25, 0.3) is 6.08 Å². The number of aryl methyl sites for hydroxylation is 1. The number of nitro benzene ring substituents is 1. The number of rotatable bonds is 6. The molecule has 0 atom stereocenters. The van der Waals surface area contributed by atoms with Gasteiger partial charge in [0.15, 0.2) is 5.70 Å². The minimum atomic E-state index is -0.661. The highest BCUT2D eigenvalue weighted by molar-refractivity contribution is 6.32. The summed E-state index contributed by atoms with van der Waals surface area (Å²) in [5, 5.41) is 11.1. The number of hydrogen-bond donors (Lipinski definition) is 0. The molecule has 0 fully saturated rings. The summed E-state index contributed by atoms with van der Waals surface area (Å²) in [5.41, 5.74) is 2.86. The summed E-state index contributed by atoms with van der Waals surface area (Å²) in [6.07, 6.45) is 1.56. The van der Waals surface area contributed by atoms with E-state index >= 15 is 0 Å². The maximum Gasteiger partial charge on any atom is 0.363 e. The smallest absolute Gasteiger partial charge is 0.363 e. The Morgan fingerprint density at radius 2 is 1.94 bits per heavy atom. The summed E-state index contributed by atoms with van der Waals surface area (Å²) in [6, 6.07) is 19.3. The van der Waals surface area contributed by atoms with Gasteiger partial charge in [0.05, 0.1) is 4.92 Å². The Morgan fingerprint density at radius 1 is 1.12 bits per heavy atom. The van der Waals surface area contributed by atoms with Gasteiger partial charge >= 0.3 is 5.97 Å². The van der Waals surface area contributed by atoms with Gasteiger partial charge in [0.25, 0.3) is 5.69 Å². The molecule has 0 aliphatic carbocycles. The summed E-state index contributed by atoms with van der Waals surface area (Å²) in [4.78, 5) is 27.1. The van der Waals surface area contributed by atoms with Crippen molar-refractivity contribution >= 4 is 35.2 Å². The molecule has 0 unspecified atom stereocenters. The van der Waals surface area contributed by atoms with Crippen molar-refractivity contribution < 1.29 is 19.2 Å². The number of halogens is 1. The van der Waals surface area contributed by atoms with Gasteiger partial charge in [-0.1, -0.05) is 59.6 Å². The van der Waals surface area contributed by atoms with Crippen molar-refractivity contribution in [2.45, 2.75) is 13.5 Å². The summed E-state index contributed by atoms with van der Waals surface area (Å²) in [5.74, 6) is -0.106. The van der Waals surface area contributed by atoms with Crippen molar-refractivity contribution in [3.63, 3.8) is 0 Å². The Labute approximate surface area is 188 Å². The lowest BCUT2D eigenvalue weighted by atomic mass is 10.1. The van der Waals surface area contributed by atoms with E-state index in [4.69, 9.17) is 21.1 Å². The summed E-state index contributed by atoms with van der Waals surface area (Å²) in [6.45, 7) is 2.38. The standard InChI is InChI=1S/C24H17ClN2O5/c1-15-5-4-6-16(11-15)14-31-22-8-3-2-7-17(22)12-20-24(28)32-23(26-20)18-9-10-19(25)21(13-18)27(29)30/h2-13H,14H2,1H3/b20-12-. The lowest BCUT2D eigenvalue weighted by Crippen LogP contribution is -2.06. The molecule has 3 aromatic rings. The number of nitrogens with zero attached hydrogens (tertiary/aromatic N) is 2. The number of benzene rings is 3. The van der Waals surface area contributed by atoms with Crippen LogP contribution in [0.2, 0.25) is 5.02 Å². The minimum Gasteiger partial charge on any atom is -0.488 e. The number of aliphatic imine (C=N–C) groups is 1. The molecule has 8 heteroatoms. The highest BCUT2D eigenvalue weighted by Crippen LogP contribution is 2.29. The van der Waals surface area contributed by atoms with Crippen LogP contribution in [0.3, 0.4) is 0 Å². The second kappa shape index (κ2) is 9.03. The first-order valence-electron chi connectivity index (χ1n) is 9.65. The number of carbonyl (C=O) groups excluding carboxylic acids is 1. The lowest BCUT2D eigenvalue weighted by molar-refractivity contribution is -0.384. The Balaban J connectivity index is 1.60. The van der Waals surface area contributed by atoms with Crippen molar-refractivity contribution in [3.05, 3.63) is 110 Å². The van der Waals surface area contributed by atoms with Crippen LogP contribution >= 0.6 is 11.6 Å². The Hall–Kier alpha value is -3.97. The third-order valence-electron chi connectivity index (χ3n) is 4.70.